The first-order valence-corrected chi connectivity index (χ1v) is 10.7. The maximum absolute atomic E-state index is 13.7. The van der Waals surface area contributed by atoms with Gasteiger partial charge in [0, 0.05) is 49.9 Å². The van der Waals surface area contributed by atoms with Crippen molar-refractivity contribution in [2.75, 3.05) is 32.6 Å². The van der Waals surface area contributed by atoms with Gasteiger partial charge in [-0.3, -0.25) is 14.4 Å². The van der Waals surface area contributed by atoms with E-state index < -0.39 is 11.9 Å². The van der Waals surface area contributed by atoms with E-state index in [1.54, 1.807) is 34.0 Å². The number of hydrogen-bond donors (Lipinski definition) is 3. The van der Waals surface area contributed by atoms with Gasteiger partial charge in [0.15, 0.2) is 0 Å². The Kier molecular flexibility index (Phi) is 7.33. The third-order valence-corrected chi connectivity index (χ3v) is 5.55. The number of carbonyl (C=O) groups excluding carboxylic acids is 3. The van der Waals surface area contributed by atoms with Crippen LogP contribution in [-0.4, -0.2) is 61.0 Å². The van der Waals surface area contributed by atoms with Crippen LogP contribution in [0.1, 0.15) is 46.2 Å². The van der Waals surface area contributed by atoms with E-state index >= 15 is 0 Å². The Morgan fingerprint density at radius 1 is 1.27 bits per heavy atom. The average molecular weight is 457 g/mol. The summed E-state index contributed by atoms with van der Waals surface area (Å²) < 4.78 is 19.3. The summed E-state index contributed by atoms with van der Waals surface area (Å²) >= 11 is 0. The lowest BCUT2D eigenvalue weighted by molar-refractivity contribution is -0.131. The van der Waals surface area contributed by atoms with Crippen LogP contribution in [0.4, 0.5) is 10.1 Å². The molecule has 3 rings (SSSR count). The Labute approximate surface area is 192 Å². The second-order valence-corrected chi connectivity index (χ2v) is 8.15. The van der Waals surface area contributed by atoms with Crippen molar-refractivity contribution in [1.82, 2.24) is 15.2 Å². The monoisotopic (exact) mass is 456 g/mol. The quantitative estimate of drug-likeness (QED) is 0.532. The molecule has 0 radical (unpaired) electrons. The molecule has 8 nitrogen and oxygen atoms in total. The summed E-state index contributed by atoms with van der Waals surface area (Å²) in [5.74, 6) is -1.17. The number of halogens is 1. The van der Waals surface area contributed by atoms with Crippen molar-refractivity contribution in [1.29, 1.82) is 0 Å². The number of nitrogens with one attached hydrogen (secondary N) is 3. The summed E-state index contributed by atoms with van der Waals surface area (Å²) in [6, 6.07) is 4.11. The number of amides is 3. The van der Waals surface area contributed by atoms with Gasteiger partial charge in [-0.2, -0.15) is 0 Å². The second kappa shape index (κ2) is 9.99. The molecule has 1 aliphatic rings. The minimum absolute atomic E-state index is 0.0860. The van der Waals surface area contributed by atoms with Crippen molar-refractivity contribution in [3.05, 3.63) is 52.1 Å². The van der Waals surface area contributed by atoms with E-state index in [2.05, 4.69) is 15.6 Å². The number of hydrogen-bond acceptors (Lipinski definition) is 4. The van der Waals surface area contributed by atoms with Gasteiger partial charge in [-0.25, -0.2) is 4.39 Å². The van der Waals surface area contributed by atoms with E-state index in [-0.39, 0.29) is 30.7 Å². The fourth-order valence-corrected chi connectivity index (χ4v) is 3.80. The molecule has 9 heteroatoms. The van der Waals surface area contributed by atoms with Gasteiger partial charge < -0.3 is 25.3 Å². The van der Waals surface area contributed by atoms with Crippen LogP contribution in [0.25, 0.3) is 11.6 Å². The Morgan fingerprint density at radius 2 is 2.00 bits per heavy atom. The molecule has 33 heavy (non-hydrogen) atoms. The number of nitrogens with zero attached hydrogens (tertiary/aromatic N) is 1. The normalized spacial score (nSPS) is 14.7. The minimum Gasteiger partial charge on any atom is -0.376 e. The Bertz CT molecular complexity index is 1120. The molecule has 2 aromatic rings. The smallest absolute Gasteiger partial charge is 0.256 e. The van der Waals surface area contributed by atoms with E-state index in [9.17, 15) is 18.8 Å². The van der Waals surface area contributed by atoms with Gasteiger partial charge >= 0.3 is 0 Å². The van der Waals surface area contributed by atoms with Crippen molar-refractivity contribution in [2.45, 2.75) is 33.3 Å². The summed E-state index contributed by atoms with van der Waals surface area (Å²) in [5.41, 5.74) is 3.67. The summed E-state index contributed by atoms with van der Waals surface area (Å²) in [6.45, 7) is 5.98. The zero-order valence-corrected chi connectivity index (χ0v) is 19.5. The third-order valence-electron chi connectivity index (χ3n) is 5.55. The summed E-state index contributed by atoms with van der Waals surface area (Å²) in [7, 11) is 3.34. The highest BCUT2D eigenvalue weighted by molar-refractivity contribution is 6.34. The topological polar surface area (TPSA) is 104 Å². The van der Waals surface area contributed by atoms with Crippen molar-refractivity contribution >= 4 is 35.1 Å². The van der Waals surface area contributed by atoms with Crippen molar-refractivity contribution in [2.24, 2.45) is 0 Å². The fourth-order valence-electron chi connectivity index (χ4n) is 3.80. The summed E-state index contributed by atoms with van der Waals surface area (Å²) in [5, 5.41) is 5.56. The molecule has 2 heterocycles. The second-order valence-electron chi connectivity index (χ2n) is 8.15. The van der Waals surface area contributed by atoms with E-state index in [0.717, 1.165) is 0 Å². The maximum atomic E-state index is 13.7. The lowest BCUT2D eigenvalue weighted by Crippen LogP contribution is -2.37. The molecule has 0 fully saturated rings. The highest BCUT2D eigenvalue weighted by Gasteiger charge is 2.26. The zero-order valence-electron chi connectivity index (χ0n) is 19.5. The lowest BCUT2D eigenvalue weighted by Gasteiger charge is -2.19. The van der Waals surface area contributed by atoms with Crippen LogP contribution in [0.15, 0.2) is 18.2 Å². The number of aryl methyl sites for hydroxylation is 1. The van der Waals surface area contributed by atoms with Gasteiger partial charge in [0.1, 0.15) is 5.82 Å². The van der Waals surface area contributed by atoms with Crippen molar-refractivity contribution in [3.8, 4) is 0 Å². The number of rotatable bonds is 8. The van der Waals surface area contributed by atoms with Crippen LogP contribution in [0, 0.1) is 19.7 Å². The van der Waals surface area contributed by atoms with Crippen LogP contribution < -0.4 is 10.6 Å². The van der Waals surface area contributed by atoms with E-state index in [1.807, 2.05) is 6.92 Å². The van der Waals surface area contributed by atoms with Gasteiger partial charge in [-0.1, -0.05) is 0 Å². The van der Waals surface area contributed by atoms with E-state index in [4.69, 9.17) is 4.74 Å². The molecule has 1 aromatic carbocycles. The van der Waals surface area contributed by atoms with Crippen LogP contribution in [0.2, 0.25) is 0 Å². The van der Waals surface area contributed by atoms with Crippen LogP contribution in [-0.2, 0) is 14.3 Å². The molecule has 176 valence electrons. The van der Waals surface area contributed by atoms with Crippen molar-refractivity contribution in [3.63, 3.8) is 0 Å². The number of anilines is 1. The lowest BCUT2D eigenvalue weighted by atomic mass is 10.0. The first-order valence-electron chi connectivity index (χ1n) is 10.7. The van der Waals surface area contributed by atoms with Crippen LogP contribution >= 0.6 is 0 Å². The average Bonchev–Trinajstić information content (AvgIpc) is 3.21. The summed E-state index contributed by atoms with van der Waals surface area (Å²) in [4.78, 5) is 42.0. The highest BCUT2D eigenvalue weighted by atomic mass is 19.1. The standard InChI is InChI=1S/C24H29FN4O4/c1-6-33-16(10-21(30)29(4)5)12-26-24(32)22-13(2)20(27-14(22)3)11-18-17-9-15(25)7-8-19(17)28-23(18)31/h7-9,11,16,27H,6,10,12H2,1-5H3,(H,26,32)(H,28,31). The van der Waals surface area contributed by atoms with Gasteiger partial charge in [-0.05, 0) is 50.6 Å². The Hall–Kier alpha value is -3.46. The van der Waals surface area contributed by atoms with Crippen LogP contribution in [0.3, 0.4) is 0 Å². The van der Waals surface area contributed by atoms with Gasteiger partial charge in [0.25, 0.3) is 11.8 Å². The molecule has 0 aliphatic carbocycles. The fraction of sp³-hybridized carbons (Fsp3) is 0.375. The SMILES string of the molecule is CCOC(CNC(=O)c1c(C)[nH]c(C=C2C(=O)Nc3ccc(F)cc32)c1C)CC(=O)N(C)C. The van der Waals surface area contributed by atoms with E-state index in [0.29, 0.717) is 45.9 Å². The minimum atomic E-state index is -0.441. The molecule has 0 saturated carbocycles. The Balaban J connectivity index is 1.80. The first kappa shape index (κ1) is 24.2. The van der Waals surface area contributed by atoms with E-state index in [1.165, 1.54) is 23.1 Å². The number of aromatic amines is 1. The predicted octanol–water partition coefficient (Wildman–Crippen LogP) is 2.88. The first-order chi connectivity index (χ1) is 15.6. The number of H-pyrrole nitrogens is 1. The molecule has 0 spiro atoms. The molecule has 0 bridgehead atoms. The van der Waals surface area contributed by atoms with Crippen molar-refractivity contribution < 1.29 is 23.5 Å². The van der Waals surface area contributed by atoms with Gasteiger partial charge in [0.05, 0.1) is 23.7 Å². The van der Waals surface area contributed by atoms with Gasteiger partial charge in [0.2, 0.25) is 5.91 Å². The molecule has 1 aromatic heterocycles. The zero-order chi connectivity index (χ0) is 24.3. The summed E-state index contributed by atoms with van der Waals surface area (Å²) in [6.07, 6.45) is 1.34. The molecule has 1 aliphatic heterocycles. The largest absolute Gasteiger partial charge is 0.376 e. The number of benzene rings is 1. The van der Waals surface area contributed by atoms with Crippen LogP contribution in [0.5, 0.6) is 0 Å². The molecule has 1 atom stereocenters. The maximum Gasteiger partial charge on any atom is 0.256 e. The third kappa shape index (κ3) is 5.31. The molecule has 0 saturated heterocycles. The number of aromatic nitrogens is 1. The highest BCUT2D eigenvalue weighted by Crippen LogP contribution is 2.34. The molecule has 3 amide bonds. The number of fused-ring (bicyclic) bond motifs is 1. The molecular formula is C24H29FN4O4. The Morgan fingerprint density at radius 3 is 2.67 bits per heavy atom. The molecule has 3 N–H and O–H groups in total. The number of ether oxygens (including phenoxy) is 1. The predicted molar refractivity (Wildman–Crippen MR) is 124 cm³/mol. The molecule has 1 unspecified atom stereocenters. The number of carbonyl (C=O) groups is 3. The van der Waals surface area contributed by atoms with Gasteiger partial charge in [-0.15, -0.1) is 0 Å². The molecular weight excluding hydrogens is 427 g/mol.